The van der Waals surface area contributed by atoms with E-state index in [9.17, 15) is 20.2 Å². The van der Waals surface area contributed by atoms with E-state index < -0.39 is 16.1 Å². The van der Waals surface area contributed by atoms with Gasteiger partial charge in [-0.3, -0.25) is 14.9 Å². The molecular weight excluding hydrogens is 378 g/mol. The molecule has 8 nitrogen and oxygen atoms in total. The number of hydrogen-bond acceptors (Lipinski definition) is 7. The van der Waals surface area contributed by atoms with Crippen LogP contribution >= 0.6 is 23.4 Å². The van der Waals surface area contributed by atoms with E-state index in [0.29, 0.717) is 22.1 Å². The van der Waals surface area contributed by atoms with Crippen molar-refractivity contribution in [2.75, 3.05) is 5.32 Å². The fourth-order valence-electron chi connectivity index (χ4n) is 2.07. The largest absolute Gasteiger partial charge is 0.324 e. The summed E-state index contributed by atoms with van der Waals surface area (Å²) in [6, 6.07) is 5.83. The smallest absolute Gasteiger partial charge is 0.271 e. The van der Waals surface area contributed by atoms with Gasteiger partial charge in [-0.15, -0.1) is 0 Å². The second-order valence-corrected chi connectivity index (χ2v) is 7.06. The molecule has 0 fully saturated rings. The van der Waals surface area contributed by atoms with Crippen LogP contribution in [0.25, 0.3) is 0 Å². The van der Waals surface area contributed by atoms with Crippen LogP contribution in [-0.2, 0) is 4.79 Å². The van der Waals surface area contributed by atoms with Gasteiger partial charge in [0.05, 0.1) is 26.6 Å². The number of nitro benzene ring substituents is 1. The zero-order chi connectivity index (χ0) is 19.4. The molecule has 2 aromatic rings. The Labute approximate surface area is 158 Å². The van der Waals surface area contributed by atoms with Gasteiger partial charge < -0.3 is 5.32 Å². The normalized spacial score (nSPS) is 11.5. The molecule has 1 aromatic heterocycles. The summed E-state index contributed by atoms with van der Waals surface area (Å²) < 4.78 is 0. The lowest BCUT2D eigenvalue weighted by Gasteiger charge is -2.14. The summed E-state index contributed by atoms with van der Waals surface area (Å²) in [4.78, 5) is 31.1. The van der Waals surface area contributed by atoms with Crippen LogP contribution in [0.2, 0.25) is 5.02 Å². The summed E-state index contributed by atoms with van der Waals surface area (Å²) >= 11 is 7.10. The molecule has 0 saturated heterocycles. The predicted octanol–water partition coefficient (Wildman–Crippen LogP) is 3.65. The van der Waals surface area contributed by atoms with E-state index in [1.807, 2.05) is 6.07 Å². The molecule has 0 aliphatic rings. The lowest BCUT2D eigenvalue weighted by molar-refractivity contribution is -0.384. The van der Waals surface area contributed by atoms with Gasteiger partial charge in [0.2, 0.25) is 5.91 Å². The van der Waals surface area contributed by atoms with Crippen molar-refractivity contribution in [2.45, 2.75) is 31.0 Å². The summed E-state index contributed by atoms with van der Waals surface area (Å²) in [6.07, 6.45) is 0. The highest BCUT2D eigenvalue weighted by Crippen LogP contribution is 2.30. The number of carbonyl (C=O) groups excluding carboxylic acids is 1. The van der Waals surface area contributed by atoms with E-state index in [2.05, 4.69) is 15.3 Å². The Hall–Kier alpha value is -2.70. The molecule has 0 aliphatic heterocycles. The van der Waals surface area contributed by atoms with Gasteiger partial charge in [-0.05, 0) is 26.8 Å². The van der Waals surface area contributed by atoms with E-state index in [4.69, 9.17) is 11.6 Å². The number of nitro groups is 1. The van der Waals surface area contributed by atoms with E-state index in [-0.39, 0.29) is 16.4 Å². The maximum Gasteiger partial charge on any atom is 0.271 e. The highest BCUT2D eigenvalue weighted by Gasteiger charge is 2.21. The Balaban J connectivity index is 2.21. The first-order valence-electron chi connectivity index (χ1n) is 7.39. The molecular formula is C16H14ClN5O3S. The molecule has 1 N–H and O–H groups in total. The molecule has 10 heteroatoms. The highest BCUT2D eigenvalue weighted by atomic mass is 35.5. The minimum absolute atomic E-state index is 0.147. The third-order valence-corrected chi connectivity index (χ3v) is 4.77. The summed E-state index contributed by atoms with van der Waals surface area (Å²) in [7, 11) is 0. The molecule has 134 valence electrons. The Kier molecular flexibility index (Phi) is 6.13. The van der Waals surface area contributed by atoms with Crippen LogP contribution in [0.15, 0.2) is 23.2 Å². The molecule has 0 radical (unpaired) electrons. The van der Waals surface area contributed by atoms with Gasteiger partial charge >= 0.3 is 0 Å². The molecule has 1 unspecified atom stereocenters. The number of carbonyl (C=O) groups is 1. The number of rotatable bonds is 5. The predicted molar refractivity (Wildman–Crippen MR) is 98.3 cm³/mol. The van der Waals surface area contributed by atoms with Crippen LogP contribution < -0.4 is 5.32 Å². The molecule has 1 amide bonds. The molecule has 0 aliphatic carbocycles. The average Bonchev–Trinajstić information content (AvgIpc) is 2.56. The zero-order valence-corrected chi connectivity index (χ0v) is 15.7. The van der Waals surface area contributed by atoms with Crippen molar-refractivity contribution >= 4 is 40.6 Å². The Bertz CT molecular complexity index is 929. The Morgan fingerprint density at radius 3 is 2.73 bits per heavy atom. The third kappa shape index (κ3) is 4.47. The van der Waals surface area contributed by atoms with Crippen molar-refractivity contribution in [1.82, 2.24) is 9.97 Å². The topological polar surface area (TPSA) is 122 Å². The van der Waals surface area contributed by atoms with Gasteiger partial charge in [0.1, 0.15) is 22.5 Å². The van der Waals surface area contributed by atoms with Gasteiger partial charge in [-0.2, -0.15) is 5.26 Å². The maximum absolute atomic E-state index is 12.4. The molecule has 2 rings (SSSR count). The third-order valence-electron chi connectivity index (χ3n) is 3.36. The number of halogens is 1. The Morgan fingerprint density at radius 1 is 1.42 bits per heavy atom. The van der Waals surface area contributed by atoms with Crippen molar-refractivity contribution in [1.29, 1.82) is 5.26 Å². The number of non-ortho nitro benzene ring substituents is 1. The van der Waals surface area contributed by atoms with Gasteiger partial charge in [-0.1, -0.05) is 23.4 Å². The summed E-state index contributed by atoms with van der Waals surface area (Å²) in [5.41, 5.74) is 0.818. The lowest BCUT2D eigenvalue weighted by atomic mass is 10.2. The summed E-state index contributed by atoms with van der Waals surface area (Å²) in [5.74, 6) is 0.0774. The highest BCUT2D eigenvalue weighted by molar-refractivity contribution is 8.00. The number of benzene rings is 1. The fraction of sp³-hybridized carbons (Fsp3) is 0.250. The van der Waals surface area contributed by atoms with E-state index >= 15 is 0 Å². The quantitative estimate of drug-likeness (QED) is 0.357. The molecule has 1 atom stereocenters. The van der Waals surface area contributed by atoms with Crippen LogP contribution in [0, 0.1) is 35.3 Å². The molecule has 1 aromatic carbocycles. The number of nitrogens with one attached hydrogen (secondary N) is 1. The van der Waals surface area contributed by atoms with Gasteiger partial charge in [0.25, 0.3) is 5.69 Å². The number of thioether (sulfide) groups is 1. The van der Waals surface area contributed by atoms with Crippen LogP contribution in [0.3, 0.4) is 0 Å². The SMILES string of the molecule is Cc1nc(C)c(C#N)c(SC(C)C(=O)Nc2cc([N+](=O)[O-])ccc2Cl)n1. The van der Waals surface area contributed by atoms with Gasteiger partial charge in [0.15, 0.2) is 0 Å². The second-order valence-electron chi connectivity index (χ2n) is 5.32. The fourth-order valence-corrected chi connectivity index (χ4v) is 3.23. The first-order valence-corrected chi connectivity index (χ1v) is 8.65. The first-order chi connectivity index (χ1) is 12.2. The van der Waals surface area contributed by atoms with Crippen LogP contribution in [0.1, 0.15) is 24.0 Å². The summed E-state index contributed by atoms with van der Waals surface area (Å²) in [5, 5.41) is 22.7. The van der Waals surface area contributed by atoms with Crippen molar-refractivity contribution in [3.63, 3.8) is 0 Å². The molecule has 0 spiro atoms. The van der Waals surface area contributed by atoms with Crippen molar-refractivity contribution in [3.8, 4) is 6.07 Å². The van der Waals surface area contributed by atoms with Crippen molar-refractivity contribution < 1.29 is 9.72 Å². The minimum Gasteiger partial charge on any atom is -0.324 e. The van der Waals surface area contributed by atoms with Crippen molar-refractivity contribution in [2.24, 2.45) is 0 Å². The van der Waals surface area contributed by atoms with Crippen molar-refractivity contribution in [3.05, 3.63) is 50.4 Å². The number of hydrogen-bond donors (Lipinski definition) is 1. The first kappa shape index (κ1) is 19.6. The molecule has 0 saturated carbocycles. The number of aryl methyl sites for hydroxylation is 2. The van der Waals surface area contributed by atoms with E-state index in [1.165, 1.54) is 18.2 Å². The summed E-state index contributed by atoms with van der Waals surface area (Å²) in [6.45, 7) is 5.04. The molecule has 0 bridgehead atoms. The molecule has 26 heavy (non-hydrogen) atoms. The number of anilines is 1. The van der Waals surface area contributed by atoms with Gasteiger partial charge in [-0.25, -0.2) is 9.97 Å². The van der Waals surface area contributed by atoms with E-state index in [1.54, 1.807) is 20.8 Å². The Morgan fingerprint density at radius 2 is 2.12 bits per heavy atom. The standard InChI is InChI=1S/C16H14ClN5O3S/c1-8-12(7-18)16(20-10(3)19-8)26-9(2)15(23)21-14-6-11(22(24)25)4-5-13(14)17/h4-6,9H,1-3H3,(H,21,23). The zero-order valence-electron chi connectivity index (χ0n) is 14.1. The number of nitriles is 1. The second kappa shape index (κ2) is 8.12. The van der Waals surface area contributed by atoms with Crippen LogP contribution in [-0.4, -0.2) is 26.0 Å². The monoisotopic (exact) mass is 391 g/mol. The van der Waals surface area contributed by atoms with Crippen LogP contribution in [0.5, 0.6) is 0 Å². The lowest BCUT2D eigenvalue weighted by Crippen LogP contribution is -2.23. The number of amides is 1. The van der Waals surface area contributed by atoms with Gasteiger partial charge in [0, 0.05) is 12.1 Å². The number of nitrogens with zero attached hydrogens (tertiary/aromatic N) is 4. The maximum atomic E-state index is 12.4. The minimum atomic E-state index is -0.619. The number of aromatic nitrogens is 2. The van der Waals surface area contributed by atoms with Crippen LogP contribution in [0.4, 0.5) is 11.4 Å². The average molecular weight is 392 g/mol. The molecule has 1 heterocycles. The van der Waals surface area contributed by atoms with E-state index in [0.717, 1.165) is 11.8 Å².